The Morgan fingerprint density at radius 3 is 2.22 bits per heavy atom. The number of hydrogen-bond donors (Lipinski definition) is 2. The van der Waals surface area contributed by atoms with Crippen molar-refractivity contribution in [3.8, 4) is 5.75 Å². The van der Waals surface area contributed by atoms with Crippen molar-refractivity contribution < 1.29 is 18.7 Å². The van der Waals surface area contributed by atoms with Gasteiger partial charge in [0.1, 0.15) is 11.6 Å². The lowest BCUT2D eigenvalue weighted by molar-refractivity contribution is 0.102. The maximum atomic E-state index is 12.9. The molecule has 27 heavy (non-hydrogen) atoms. The molecule has 7 heteroatoms. The number of anilines is 2. The SMILES string of the molecule is COc1ccccc1NC(=O)c1cncc(C(=O)Nc2ccc(F)cc2)c1. The number of carbonyl (C=O) groups excluding carboxylic acids is 2. The van der Waals surface area contributed by atoms with Crippen LogP contribution >= 0.6 is 0 Å². The summed E-state index contributed by atoms with van der Waals surface area (Å²) in [6, 6.07) is 13.8. The first-order valence-electron chi connectivity index (χ1n) is 8.03. The van der Waals surface area contributed by atoms with Crippen molar-refractivity contribution >= 4 is 23.2 Å². The van der Waals surface area contributed by atoms with Gasteiger partial charge in [0.2, 0.25) is 0 Å². The van der Waals surface area contributed by atoms with E-state index in [4.69, 9.17) is 4.74 Å². The van der Waals surface area contributed by atoms with E-state index in [1.165, 1.54) is 49.8 Å². The number of rotatable bonds is 5. The Morgan fingerprint density at radius 1 is 0.926 bits per heavy atom. The zero-order chi connectivity index (χ0) is 19.2. The number of para-hydroxylation sites is 2. The van der Waals surface area contributed by atoms with Crippen LogP contribution < -0.4 is 15.4 Å². The van der Waals surface area contributed by atoms with Crippen molar-refractivity contribution in [1.82, 2.24) is 4.98 Å². The molecule has 3 aromatic rings. The van der Waals surface area contributed by atoms with Gasteiger partial charge in [0.25, 0.3) is 11.8 Å². The first kappa shape index (κ1) is 18.1. The van der Waals surface area contributed by atoms with E-state index in [-0.39, 0.29) is 11.1 Å². The highest BCUT2D eigenvalue weighted by molar-refractivity contribution is 6.08. The average molecular weight is 365 g/mol. The topological polar surface area (TPSA) is 80.3 Å². The molecule has 0 bridgehead atoms. The van der Waals surface area contributed by atoms with Crippen molar-refractivity contribution in [2.24, 2.45) is 0 Å². The highest BCUT2D eigenvalue weighted by Gasteiger charge is 2.13. The van der Waals surface area contributed by atoms with E-state index in [1.54, 1.807) is 24.3 Å². The highest BCUT2D eigenvalue weighted by Crippen LogP contribution is 2.23. The summed E-state index contributed by atoms with van der Waals surface area (Å²) in [5.74, 6) is -0.766. The summed E-state index contributed by atoms with van der Waals surface area (Å²) in [4.78, 5) is 28.8. The summed E-state index contributed by atoms with van der Waals surface area (Å²) in [6.45, 7) is 0. The molecule has 2 N–H and O–H groups in total. The second kappa shape index (κ2) is 8.09. The van der Waals surface area contributed by atoms with Crippen molar-refractivity contribution in [3.05, 3.63) is 83.9 Å². The summed E-state index contributed by atoms with van der Waals surface area (Å²) in [5, 5.41) is 5.34. The molecule has 0 aliphatic rings. The van der Waals surface area contributed by atoms with E-state index in [2.05, 4.69) is 15.6 Å². The molecule has 6 nitrogen and oxygen atoms in total. The van der Waals surface area contributed by atoms with Crippen LogP contribution in [0.3, 0.4) is 0 Å². The van der Waals surface area contributed by atoms with Crippen LogP contribution in [0.15, 0.2) is 67.0 Å². The Balaban J connectivity index is 1.75. The third kappa shape index (κ3) is 4.46. The van der Waals surface area contributed by atoms with Crippen LogP contribution in [0.25, 0.3) is 0 Å². The number of pyridine rings is 1. The third-order valence-electron chi connectivity index (χ3n) is 3.72. The number of methoxy groups -OCH3 is 1. The molecule has 0 aliphatic carbocycles. The van der Waals surface area contributed by atoms with Crippen LogP contribution in [-0.2, 0) is 0 Å². The normalized spacial score (nSPS) is 10.1. The predicted octanol–water partition coefficient (Wildman–Crippen LogP) is 3.73. The summed E-state index contributed by atoms with van der Waals surface area (Å²) in [7, 11) is 1.51. The summed E-state index contributed by atoms with van der Waals surface area (Å²) in [5.41, 5.74) is 1.36. The van der Waals surface area contributed by atoms with Gasteiger partial charge in [-0.3, -0.25) is 14.6 Å². The standard InChI is InChI=1S/C20H16FN3O3/c1-27-18-5-3-2-4-17(18)24-20(26)14-10-13(11-22-12-14)19(25)23-16-8-6-15(21)7-9-16/h2-12H,1H3,(H,23,25)(H,24,26). The molecule has 0 unspecified atom stereocenters. The van der Waals surface area contributed by atoms with Crippen LogP contribution in [0.2, 0.25) is 0 Å². The fourth-order valence-electron chi connectivity index (χ4n) is 2.37. The zero-order valence-corrected chi connectivity index (χ0v) is 14.4. The lowest BCUT2D eigenvalue weighted by atomic mass is 10.1. The molecule has 0 atom stereocenters. The summed E-state index contributed by atoms with van der Waals surface area (Å²) >= 11 is 0. The van der Waals surface area contributed by atoms with Gasteiger partial charge in [-0.25, -0.2) is 4.39 Å². The first-order valence-corrected chi connectivity index (χ1v) is 8.03. The van der Waals surface area contributed by atoms with Gasteiger partial charge < -0.3 is 15.4 Å². The van der Waals surface area contributed by atoms with Crippen LogP contribution in [-0.4, -0.2) is 23.9 Å². The van der Waals surface area contributed by atoms with Gasteiger partial charge in [-0.15, -0.1) is 0 Å². The molecular weight excluding hydrogens is 349 g/mol. The number of nitrogens with one attached hydrogen (secondary N) is 2. The highest BCUT2D eigenvalue weighted by atomic mass is 19.1. The number of hydrogen-bond acceptors (Lipinski definition) is 4. The van der Waals surface area contributed by atoms with E-state index in [0.29, 0.717) is 17.1 Å². The lowest BCUT2D eigenvalue weighted by Crippen LogP contribution is -2.16. The zero-order valence-electron chi connectivity index (χ0n) is 14.4. The van der Waals surface area contributed by atoms with Gasteiger partial charge in [0.15, 0.2) is 0 Å². The molecule has 0 radical (unpaired) electrons. The molecule has 0 aliphatic heterocycles. The van der Waals surface area contributed by atoms with Gasteiger partial charge in [0.05, 0.1) is 23.9 Å². The van der Waals surface area contributed by atoms with Gasteiger partial charge in [-0.05, 0) is 42.5 Å². The summed E-state index contributed by atoms with van der Waals surface area (Å²) in [6.07, 6.45) is 2.71. The molecule has 0 saturated carbocycles. The smallest absolute Gasteiger partial charge is 0.257 e. The molecule has 2 amide bonds. The number of carbonyl (C=O) groups is 2. The molecule has 0 saturated heterocycles. The minimum Gasteiger partial charge on any atom is -0.495 e. The van der Waals surface area contributed by atoms with E-state index < -0.39 is 17.6 Å². The fraction of sp³-hybridized carbons (Fsp3) is 0.0500. The quantitative estimate of drug-likeness (QED) is 0.722. The molecule has 1 aromatic heterocycles. The second-order valence-corrected chi connectivity index (χ2v) is 5.58. The second-order valence-electron chi connectivity index (χ2n) is 5.58. The van der Waals surface area contributed by atoms with Gasteiger partial charge in [-0.1, -0.05) is 12.1 Å². The molecular formula is C20H16FN3O3. The lowest BCUT2D eigenvalue weighted by Gasteiger charge is -2.10. The molecule has 136 valence electrons. The van der Waals surface area contributed by atoms with Gasteiger partial charge in [0, 0.05) is 18.1 Å². The third-order valence-corrected chi connectivity index (χ3v) is 3.72. The van der Waals surface area contributed by atoms with Gasteiger partial charge >= 0.3 is 0 Å². The number of halogens is 1. The summed E-state index contributed by atoms with van der Waals surface area (Å²) < 4.78 is 18.1. The van der Waals surface area contributed by atoms with E-state index in [1.807, 2.05) is 0 Å². The average Bonchev–Trinajstić information content (AvgIpc) is 2.70. The van der Waals surface area contributed by atoms with E-state index in [0.717, 1.165) is 0 Å². The Kier molecular flexibility index (Phi) is 5.41. The van der Waals surface area contributed by atoms with Crippen molar-refractivity contribution in [3.63, 3.8) is 0 Å². The molecule has 1 heterocycles. The largest absolute Gasteiger partial charge is 0.495 e. The fourth-order valence-corrected chi connectivity index (χ4v) is 2.37. The van der Waals surface area contributed by atoms with E-state index in [9.17, 15) is 14.0 Å². The van der Waals surface area contributed by atoms with Crippen LogP contribution in [0.4, 0.5) is 15.8 Å². The maximum Gasteiger partial charge on any atom is 0.257 e. The number of aromatic nitrogens is 1. The Labute approximate surface area is 155 Å². The minimum absolute atomic E-state index is 0.201. The monoisotopic (exact) mass is 365 g/mol. The Morgan fingerprint density at radius 2 is 1.56 bits per heavy atom. The van der Waals surface area contributed by atoms with Crippen molar-refractivity contribution in [2.45, 2.75) is 0 Å². The van der Waals surface area contributed by atoms with Crippen LogP contribution in [0.5, 0.6) is 5.75 Å². The minimum atomic E-state index is -0.457. The van der Waals surface area contributed by atoms with Crippen LogP contribution in [0, 0.1) is 5.82 Å². The van der Waals surface area contributed by atoms with Gasteiger partial charge in [-0.2, -0.15) is 0 Å². The maximum absolute atomic E-state index is 12.9. The first-order chi connectivity index (χ1) is 13.1. The van der Waals surface area contributed by atoms with E-state index >= 15 is 0 Å². The molecule has 3 rings (SSSR count). The Bertz CT molecular complexity index is 974. The number of amides is 2. The van der Waals surface area contributed by atoms with Crippen molar-refractivity contribution in [2.75, 3.05) is 17.7 Å². The van der Waals surface area contributed by atoms with Crippen molar-refractivity contribution in [1.29, 1.82) is 0 Å². The Hall–Kier alpha value is -3.74. The molecule has 2 aromatic carbocycles. The number of ether oxygens (including phenoxy) is 1. The number of benzene rings is 2. The molecule has 0 fully saturated rings. The predicted molar refractivity (Wildman–Crippen MR) is 99.5 cm³/mol. The number of nitrogens with zero attached hydrogens (tertiary/aromatic N) is 1. The molecule has 0 spiro atoms. The van der Waals surface area contributed by atoms with Crippen LogP contribution in [0.1, 0.15) is 20.7 Å².